The van der Waals surface area contributed by atoms with Crippen molar-refractivity contribution in [3.63, 3.8) is 0 Å². The molecule has 0 aromatic heterocycles. The van der Waals surface area contributed by atoms with Gasteiger partial charge >= 0.3 is 0 Å². The van der Waals surface area contributed by atoms with Crippen LogP contribution in [0.5, 0.6) is 11.5 Å². The molecule has 1 aliphatic rings. The molecule has 0 bridgehead atoms. The second-order valence-electron chi connectivity index (χ2n) is 7.64. The van der Waals surface area contributed by atoms with E-state index < -0.39 is 8.07 Å². The van der Waals surface area contributed by atoms with Gasteiger partial charge in [-0.15, -0.1) is 0 Å². The van der Waals surface area contributed by atoms with Crippen molar-refractivity contribution in [2.45, 2.75) is 45.4 Å². The van der Waals surface area contributed by atoms with Crippen LogP contribution in [0, 0.1) is 0 Å². The number of benzene rings is 1. The Labute approximate surface area is 152 Å². The van der Waals surface area contributed by atoms with Crippen molar-refractivity contribution in [2.24, 2.45) is 0 Å². The maximum absolute atomic E-state index is 12.9. The first-order valence-electron chi connectivity index (χ1n) is 9.10. The van der Waals surface area contributed by atoms with Crippen LogP contribution in [0.25, 0.3) is 0 Å². The van der Waals surface area contributed by atoms with E-state index >= 15 is 0 Å². The fraction of sp³-hybridized carbons (Fsp3) is 0.632. The van der Waals surface area contributed by atoms with Gasteiger partial charge in [-0.2, -0.15) is 0 Å². The van der Waals surface area contributed by atoms with Crippen LogP contribution in [-0.4, -0.2) is 58.8 Å². The lowest BCUT2D eigenvalue weighted by Crippen LogP contribution is -2.41. The highest BCUT2D eigenvalue weighted by atomic mass is 28.3. The number of hydrogen-bond acceptors (Lipinski definition) is 4. The SMILES string of the molecule is CCN1CCC[C@H]1CNC(=O)c1cc([Si](C)(C)C)cc(OC)c1OC. The number of nitrogens with zero attached hydrogens (tertiary/aromatic N) is 1. The summed E-state index contributed by atoms with van der Waals surface area (Å²) in [6.07, 6.45) is 2.35. The minimum Gasteiger partial charge on any atom is -0.493 e. The molecule has 0 radical (unpaired) electrons. The molecule has 0 aliphatic carbocycles. The van der Waals surface area contributed by atoms with Gasteiger partial charge in [0.15, 0.2) is 11.5 Å². The van der Waals surface area contributed by atoms with E-state index in [1.165, 1.54) is 11.6 Å². The highest BCUT2D eigenvalue weighted by Gasteiger charge is 2.26. The third kappa shape index (κ3) is 4.55. The molecule has 1 N–H and O–H groups in total. The fourth-order valence-electron chi connectivity index (χ4n) is 3.41. The second kappa shape index (κ2) is 8.23. The molecule has 1 saturated heterocycles. The smallest absolute Gasteiger partial charge is 0.255 e. The molecule has 2 rings (SSSR count). The Morgan fingerprint density at radius 1 is 1.28 bits per heavy atom. The number of carbonyl (C=O) groups is 1. The van der Waals surface area contributed by atoms with Crippen LogP contribution in [0.15, 0.2) is 12.1 Å². The van der Waals surface area contributed by atoms with E-state index in [4.69, 9.17) is 9.47 Å². The predicted octanol–water partition coefficient (Wildman–Crippen LogP) is 2.46. The molecule has 1 aliphatic heterocycles. The fourth-order valence-corrected chi connectivity index (χ4v) is 4.56. The minimum atomic E-state index is -1.58. The maximum Gasteiger partial charge on any atom is 0.255 e. The van der Waals surface area contributed by atoms with Crippen molar-refractivity contribution in [2.75, 3.05) is 33.9 Å². The third-order valence-corrected chi connectivity index (χ3v) is 7.01. The highest BCUT2D eigenvalue weighted by Crippen LogP contribution is 2.31. The van der Waals surface area contributed by atoms with Crippen LogP contribution in [-0.2, 0) is 0 Å². The Morgan fingerprint density at radius 3 is 2.56 bits per heavy atom. The molecule has 1 aromatic rings. The number of carbonyl (C=O) groups excluding carboxylic acids is 1. The van der Waals surface area contributed by atoms with Crippen LogP contribution >= 0.6 is 0 Å². The van der Waals surface area contributed by atoms with E-state index in [2.05, 4.69) is 36.8 Å². The average molecular weight is 365 g/mol. The van der Waals surface area contributed by atoms with Gasteiger partial charge < -0.3 is 14.8 Å². The number of ether oxygens (including phenoxy) is 2. The third-order valence-electron chi connectivity index (χ3n) is 4.99. The molecule has 0 saturated carbocycles. The topological polar surface area (TPSA) is 50.8 Å². The van der Waals surface area contributed by atoms with Crippen molar-refractivity contribution in [1.29, 1.82) is 0 Å². The van der Waals surface area contributed by atoms with E-state index in [1.807, 2.05) is 12.1 Å². The molecule has 1 atom stereocenters. The standard InChI is InChI=1S/C19H32N2O3Si/c1-7-21-10-8-9-14(21)13-20-19(22)16-11-15(25(4,5)6)12-17(23-2)18(16)24-3/h11-12,14H,7-10,13H2,1-6H3,(H,20,22)/t14-/m0/s1. The Hall–Kier alpha value is -1.53. The van der Waals surface area contributed by atoms with Gasteiger partial charge in [0.2, 0.25) is 0 Å². The number of hydrogen-bond donors (Lipinski definition) is 1. The summed E-state index contributed by atoms with van der Waals surface area (Å²) >= 11 is 0. The van der Waals surface area contributed by atoms with Gasteiger partial charge in [-0.1, -0.05) is 31.8 Å². The lowest BCUT2D eigenvalue weighted by Gasteiger charge is -2.24. The minimum absolute atomic E-state index is 0.0850. The molecule has 0 unspecified atom stereocenters. The average Bonchev–Trinajstić information content (AvgIpc) is 3.04. The molecule has 1 heterocycles. The van der Waals surface area contributed by atoms with Gasteiger partial charge in [-0.05, 0) is 38.1 Å². The summed E-state index contributed by atoms with van der Waals surface area (Å²) in [7, 11) is 1.62. The number of likely N-dealkylation sites (tertiary alicyclic amines) is 1. The highest BCUT2D eigenvalue weighted by molar-refractivity contribution is 6.88. The van der Waals surface area contributed by atoms with E-state index in [1.54, 1.807) is 14.2 Å². The second-order valence-corrected chi connectivity index (χ2v) is 12.7. The van der Waals surface area contributed by atoms with Crippen molar-refractivity contribution in [3.05, 3.63) is 17.7 Å². The summed E-state index contributed by atoms with van der Waals surface area (Å²) in [6.45, 7) is 11.8. The summed E-state index contributed by atoms with van der Waals surface area (Å²) in [5.41, 5.74) is 0.570. The Bertz CT molecular complexity index is 613. The van der Waals surface area contributed by atoms with Gasteiger partial charge in [-0.3, -0.25) is 9.69 Å². The summed E-state index contributed by atoms with van der Waals surface area (Å²) in [4.78, 5) is 15.3. The van der Waals surface area contributed by atoms with Gasteiger partial charge in [0.05, 0.1) is 27.9 Å². The van der Waals surface area contributed by atoms with Crippen LogP contribution in [0.2, 0.25) is 19.6 Å². The number of nitrogens with one attached hydrogen (secondary N) is 1. The van der Waals surface area contributed by atoms with Crippen LogP contribution < -0.4 is 20.0 Å². The molecule has 1 amide bonds. The zero-order valence-electron chi connectivity index (χ0n) is 16.4. The monoisotopic (exact) mass is 364 g/mol. The number of rotatable bonds is 7. The zero-order chi connectivity index (χ0) is 18.6. The van der Waals surface area contributed by atoms with E-state index in [-0.39, 0.29) is 5.91 Å². The molecular weight excluding hydrogens is 332 g/mol. The maximum atomic E-state index is 12.9. The van der Waals surface area contributed by atoms with Gasteiger partial charge in [0.25, 0.3) is 5.91 Å². The van der Waals surface area contributed by atoms with Crippen LogP contribution in [0.4, 0.5) is 0 Å². The summed E-state index contributed by atoms with van der Waals surface area (Å²) < 4.78 is 11.0. The molecule has 5 nitrogen and oxygen atoms in total. The van der Waals surface area contributed by atoms with Crippen LogP contribution in [0.3, 0.4) is 0 Å². The Kier molecular flexibility index (Phi) is 6.51. The quantitative estimate of drug-likeness (QED) is 0.755. The van der Waals surface area contributed by atoms with Crippen molar-refractivity contribution in [1.82, 2.24) is 10.2 Å². The van der Waals surface area contributed by atoms with Crippen LogP contribution in [0.1, 0.15) is 30.1 Å². The molecule has 1 fully saturated rings. The summed E-state index contributed by atoms with van der Waals surface area (Å²) in [6, 6.07) is 4.43. The molecule has 140 valence electrons. The Balaban J connectivity index is 2.25. The molecule has 0 spiro atoms. The molecular formula is C19H32N2O3Si. The van der Waals surface area contributed by atoms with Crippen molar-refractivity contribution in [3.8, 4) is 11.5 Å². The normalized spacial score (nSPS) is 18.2. The molecule has 6 heteroatoms. The number of likely N-dealkylation sites (N-methyl/N-ethyl adjacent to an activating group) is 1. The first kappa shape index (κ1) is 19.8. The number of methoxy groups -OCH3 is 2. The van der Waals surface area contributed by atoms with Crippen molar-refractivity contribution >= 4 is 19.2 Å². The van der Waals surface area contributed by atoms with Gasteiger partial charge in [-0.25, -0.2) is 0 Å². The molecule has 1 aromatic carbocycles. The predicted molar refractivity (Wildman–Crippen MR) is 105 cm³/mol. The first-order valence-corrected chi connectivity index (χ1v) is 12.6. The lowest BCUT2D eigenvalue weighted by atomic mass is 10.1. The van der Waals surface area contributed by atoms with E-state index in [0.29, 0.717) is 29.6 Å². The first-order chi connectivity index (χ1) is 11.8. The summed E-state index contributed by atoms with van der Waals surface area (Å²) in [5.74, 6) is 1.06. The largest absolute Gasteiger partial charge is 0.493 e. The number of amides is 1. The lowest BCUT2D eigenvalue weighted by molar-refractivity contribution is 0.0938. The van der Waals surface area contributed by atoms with Gasteiger partial charge in [0.1, 0.15) is 0 Å². The van der Waals surface area contributed by atoms with Gasteiger partial charge in [0, 0.05) is 12.6 Å². The van der Waals surface area contributed by atoms with E-state index in [0.717, 1.165) is 19.5 Å². The zero-order valence-corrected chi connectivity index (χ0v) is 17.4. The van der Waals surface area contributed by atoms with E-state index in [9.17, 15) is 4.79 Å². The molecule has 25 heavy (non-hydrogen) atoms. The summed E-state index contributed by atoms with van der Waals surface area (Å²) in [5, 5.41) is 4.30. The Morgan fingerprint density at radius 2 is 2.00 bits per heavy atom. The van der Waals surface area contributed by atoms with Crippen molar-refractivity contribution < 1.29 is 14.3 Å².